The van der Waals surface area contributed by atoms with Crippen molar-refractivity contribution in [3.63, 3.8) is 0 Å². The Kier molecular flexibility index (Phi) is 4.79. The van der Waals surface area contributed by atoms with Gasteiger partial charge in [-0.05, 0) is 30.7 Å². The second-order valence-electron chi connectivity index (χ2n) is 3.88. The zero-order valence-electron chi connectivity index (χ0n) is 9.86. The van der Waals surface area contributed by atoms with E-state index in [9.17, 15) is 4.39 Å². The van der Waals surface area contributed by atoms with Gasteiger partial charge in [-0.15, -0.1) is 0 Å². The average molecular weight is 330 g/mol. The highest BCUT2D eigenvalue weighted by Crippen LogP contribution is 2.24. The fourth-order valence-corrected chi connectivity index (χ4v) is 2.74. The Hall–Kier alpha value is -0.850. The Labute approximate surface area is 118 Å². The van der Waals surface area contributed by atoms with Gasteiger partial charge in [0.1, 0.15) is 5.82 Å². The maximum Gasteiger partial charge on any atom is 0.124 e. The lowest BCUT2D eigenvalue weighted by molar-refractivity contribution is 0.538. The summed E-state index contributed by atoms with van der Waals surface area (Å²) in [6, 6.07) is 4.86. The van der Waals surface area contributed by atoms with Crippen LogP contribution in [0.25, 0.3) is 0 Å². The molecular weight excluding hydrogens is 317 g/mol. The molecule has 18 heavy (non-hydrogen) atoms. The monoisotopic (exact) mass is 329 g/mol. The van der Waals surface area contributed by atoms with Crippen LogP contribution in [0.3, 0.4) is 0 Å². The van der Waals surface area contributed by atoms with Crippen LogP contribution in [0.4, 0.5) is 4.39 Å². The van der Waals surface area contributed by atoms with E-state index in [4.69, 9.17) is 0 Å². The molecule has 0 spiro atoms. The van der Waals surface area contributed by atoms with Crippen LogP contribution in [-0.4, -0.2) is 15.3 Å². The predicted molar refractivity (Wildman–Crippen MR) is 74.1 cm³/mol. The molecule has 3 nitrogen and oxygen atoms in total. The highest BCUT2D eigenvalue weighted by molar-refractivity contribution is 9.10. The second kappa shape index (κ2) is 6.36. The van der Waals surface area contributed by atoms with Gasteiger partial charge in [-0.25, -0.2) is 4.39 Å². The molecule has 6 heteroatoms. The number of aromatic nitrogens is 2. The van der Waals surface area contributed by atoms with Crippen molar-refractivity contribution in [2.75, 3.05) is 6.54 Å². The normalized spacial score (nSPS) is 12.6. The Balaban J connectivity index is 2.18. The maximum absolute atomic E-state index is 13.0. The molecule has 0 radical (unpaired) electrons. The van der Waals surface area contributed by atoms with Gasteiger partial charge in [-0.2, -0.15) is 8.75 Å². The topological polar surface area (TPSA) is 37.8 Å². The lowest BCUT2D eigenvalue weighted by Crippen LogP contribution is -2.23. The smallest absolute Gasteiger partial charge is 0.124 e. The molecule has 1 heterocycles. The standard InChI is InChI=1S/C12H13BrFN3S/c1-2-15-11(12-7-16-18-17-12)5-8-3-4-9(14)6-10(8)13/h3-4,6-7,11,15H,2,5H2,1H3. The van der Waals surface area contributed by atoms with Crippen LogP contribution in [0.1, 0.15) is 24.2 Å². The summed E-state index contributed by atoms with van der Waals surface area (Å²) in [7, 11) is 0. The van der Waals surface area contributed by atoms with Gasteiger partial charge in [0, 0.05) is 4.47 Å². The minimum Gasteiger partial charge on any atom is -0.309 e. The highest BCUT2D eigenvalue weighted by atomic mass is 79.9. The summed E-state index contributed by atoms with van der Waals surface area (Å²) in [6.07, 6.45) is 2.52. The van der Waals surface area contributed by atoms with Gasteiger partial charge in [-0.3, -0.25) is 0 Å². The van der Waals surface area contributed by atoms with Crippen molar-refractivity contribution in [1.29, 1.82) is 0 Å². The fourth-order valence-electron chi connectivity index (χ4n) is 1.76. The summed E-state index contributed by atoms with van der Waals surface area (Å²) in [5, 5.41) is 3.36. The third kappa shape index (κ3) is 3.34. The third-order valence-corrected chi connectivity index (χ3v) is 3.86. The van der Waals surface area contributed by atoms with E-state index in [0.717, 1.165) is 28.7 Å². The van der Waals surface area contributed by atoms with Crippen molar-refractivity contribution in [1.82, 2.24) is 14.1 Å². The highest BCUT2D eigenvalue weighted by Gasteiger charge is 2.15. The molecule has 1 N–H and O–H groups in total. The summed E-state index contributed by atoms with van der Waals surface area (Å²) < 4.78 is 22.1. The van der Waals surface area contributed by atoms with Crippen LogP contribution in [0.5, 0.6) is 0 Å². The fraction of sp³-hybridized carbons (Fsp3) is 0.333. The number of hydrogen-bond acceptors (Lipinski definition) is 4. The van der Waals surface area contributed by atoms with Crippen LogP contribution in [0, 0.1) is 5.82 Å². The number of halogens is 2. The van der Waals surface area contributed by atoms with Gasteiger partial charge in [-0.1, -0.05) is 28.9 Å². The molecule has 1 unspecified atom stereocenters. The molecule has 0 amide bonds. The summed E-state index contributed by atoms with van der Waals surface area (Å²) >= 11 is 4.59. The van der Waals surface area contributed by atoms with E-state index < -0.39 is 0 Å². The van der Waals surface area contributed by atoms with Crippen LogP contribution < -0.4 is 5.32 Å². The molecule has 0 saturated carbocycles. The molecular formula is C12H13BrFN3S. The Morgan fingerprint density at radius 2 is 2.33 bits per heavy atom. The molecule has 0 saturated heterocycles. The SMILES string of the molecule is CCNC(Cc1ccc(F)cc1Br)c1cnsn1. The molecule has 0 aliphatic carbocycles. The van der Waals surface area contributed by atoms with Gasteiger partial charge in [0.05, 0.1) is 29.7 Å². The number of rotatable bonds is 5. The molecule has 0 aliphatic heterocycles. The van der Waals surface area contributed by atoms with E-state index in [1.54, 1.807) is 12.3 Å². The number of benzene rings is 1. The zero-order valence-corrected chi connectivity index (χ0v) is 12.3. The van der Waals surface area contributed by atoms with Crippen molar-refractivity contribution in [2.24, 2.45) is 0 Å². The summed E-state index contributed by atoms with van der Waals surface area (Å²) in [5.41, 5.74) is 1.98. The summed E-state index contributed by atoms with van der Waals surface area (Å²) in [6.45, 7) is 2.90. The summed E-state index contributed by atoms with van der Waals surface area (Å²) in [4.78, 5) is 0. The quantitative estimate of drug-likeness (QED) is 0.914. The second-order valence-corrected chi connectivity index (χ2v) is 5.29. The molecule has 1 atom stereocenters. The molecule has 1 aromatic carbocycles. The van der Waals surface area contributed by atoms with Crippen LogP contribution in [0.15, 0.2) is 28.9 Å². The minimum atomic E-state index is -0.235. The largest absolute Gasteiger partial charge is 0.309 e. The predicted octanol–water partition coefficient (Wildman–Crippen LogP) is 3.33. The molecule has 1 aromatic heterocycles. The van der Waals surface area contributed by atoms with Crippen molar-refractivity contribution in [3.05, 3.63) is 45.9 Å². The van der Waals surface area contributed by atoms with E-state index in [-0.39, 0.29) is 11.9 Å². The number of likely N-dealkylation sites (N-methyl/N-ethyl adjacent to an activating group) is 1. The lowest BCUT2D eigenvalue weighted by Gasteiger charge is -2.16. The molecule has 2 rings (SSSR count). The van der Waals surface area contributed by atoms with Crippen LogP contribution >= 0.6 is 27.7 Å². The van der Waals surface area contributed by atoms with Crippen molar-refractivity contribution in [2.45, 2.75) is 19.4 Å². The molecule has 0 fully saturated rings. The molecule has 0 bridgehead atoms. The van der Waals surface area contributed by atoms with Gasteiger partial charge < -0.3 is 5.32 Å². The first kappa shape index (κ1) is 13.6. The van der Waals surface area contributed by atoms with Crippen LogP contribution in [-0.2, 0) is 6.42 Å². The lowest BCUT2D eigenvalue weighted by atomic mass is 10.0. The first-order valence-corrected chi connectivity index (χ1v) is 7.17. The maximum atomic E-state index is 13.0. The Morgan fingerprint density at radius 3 is 2.94 bits per heavy atom. The Morgan fingerprint density at radius 1 is 1.50 bits per heavy atom. The first-order chi connectivity index (χ1) is 8.70. The number of hydrogen-bond donors (Lipinski definition) is 1. The van der Waals surface area contributed by atoms with Gasteiger partial charge in [0.2, 0.25) is 0 Å². The van der Waals surface area contributed by atoms with E-state index in [1.807, 2.05) is 6.92 Å². The van der Waals surface area contributed by atoms with Crippen molar-refractivity contribution < 1.29 is 4.39 Å². The van der Waals surface area contributed by atoms with Gasteiger partial charge in [0.15, 0.2) is 0 Å². The van der Waals surface area contributed by atoms with Gasteiger partial charge >= 0.3 is 0 Å². The van der Waals surface area contributed by atoms with Crippen molar-refractivity contribution >= 4 is 27.7 Å². The van der Waals surface area contributed by atoms with E-state index in [0.29, 0.717) is 0 Å². The number of nitrogens with zero attached hydrogens (tertiary/aromatic N) is 2. The first-order valence-electron chi connectivity index (χ1n) is 5.65. The molecule has 2 aromatic rings. The number of nitrogens with one attached hydrogen (secondary N) is 1. The minimum absolute atomic E-state index is 0.107. The van der Waals surface area contributed by atoms with Crippen molar-refractivity contribution in [3.8, 4) is 0 Å². The van der Waals surface area contributed by atoms with Crippen LogP contribution in [0.2, 0.25) is 0 Å². The molecule has 96 valence electrons. The van der Waals surface area contributed by atoms with Gasteiger partial charge in [0.25, 0.3) is 0 Å². The van der Waals surface area contributed by atoms with E-state index in [2.05, 4.69) is 30.0 Å². The third-order valence-electron chi connectivity index (χ3n) is 2.63. The van der Waals surface area contributed by atoms with E-state index in [1.165, 1.54) is 23.9 Å². The average Bonchev–Trinajstić information content (AvgIpc) is 2.85. The summed E-state index contributed by atoms with van der Waals surface area (Å²) in [5.74, 6) is -0.235. The molecule has 0 aliphatic rings. The zero-order chi connectivity index (χ0) is 13.0. The Bertz CT molecular complexity index is 504. The van der Waals surface area contributed by atoms with E-state index >= 15 is 0 Å².